The van der Waals surface area contributed by atoms with Gasteiger partial charge in [0, 0.05) is 29.8 Å². The molecule has 4 nitrogen and oxygen atoms in total. The summed E-state index contributed by atoms with van der Waals surface area (Å²) < 4.78 is 25.4. The first-order valence-corrected chi connectivity index (χ1v) is 9.32. The van der Waals surface area contributed by atoms with Crippen LogP contribution in [0.2, 0.25) is 10.0 Å². The lowest BCUT2D eigenvalue weighted by atomic mass is 9.98. The fourth-order valence-corrected chi connectivity index (χ4v) is 3.42. The van der Waals surface area contributed by atoms with E-state index in [9.17, 15) is 9.18 Å². The van der Waals surface area contributed by atoms with Crippen LogP contribution >= 0.6 is 23.2 Å². The van der Waals surface area contributed by atoms with Crippen molar-refractivity contribution in [3.63, 3.8) is 0 Å². The Labute approximate surface area is 172 Å². The Balaban J connectivity index is 2.30. The maximum Gasteiger partial charge on any atom is 0.269 e. The summed E-state index contributed by atoms with van der Waals surface area (Å²) >= 11 is 12.7. The number of halogens is 3. The monoisotopic (exact) mass is 421 g/mol. The zero-order chi connectivity index (χ0) is 20.3. The highest BCUT2D eigenvalue weighted by Crippen LogP contribution is 2.38. The van der Waals surface area contributed by atoms with Crippen LogP contribution in [0.4, 0.5) is 4.39 Å². The molecule has 7 heteroatoms. The third-order valence-corrected chi connectivity index (χ3v) is 4.85. The SMILES string of the molecule is CCn1c(-c2ccc(F)cc2)c(-c2cc(OCOC)ccc2Cl)cc(Cl)c1=O. The molecule has 0 bridgehead atoms. The molecule has 0 aliphatic heterocycles. The van der Waals surface area contributed by atoms with Gasteiger partial charge in [0.15, 0.2) is 6.79 Å². The molecule has 1 heterocycles. The van der Waals surface area contributed by atoms with Crippen molar-refractivity contribution in [2.24, 2.45) is 0 Å². The largest absolute Gasteiger partial charge is 0.468 e. The van der Waals surface area contributed by atoms with Gasteiger partial charge in [-0.25, -0.2) is 4.39 Å². The second-order valence-electron chi connectivity index (χ2n) is 6.00. The van der Waals surface area contributed by atoms with Crippen molar-refractivity contribution in [1.29, 1.82) is 0 Å². The quantitative estimate of drug-likeness (QED) is 0.484. The van der Waals surface area contributed by atoms with E-state index < -0.39 is 0 Å². The Hall–Kier alpha value is -2.34. The second kappa shape index (κ2) is 8.78. The molecule has 0 aliphatic carbocycles. The van der Waals surface area contributed by atoms with Gasteiger partial charge in [0.1, 0.15) is 16.6 Å². The van der Waals surface area contributed by atoms with Crippen LogP contribution in [0.3, 0.4) is 0 Å². The summed E-state index contributed by atoms with van der Waals surface area (Å²) in [5.41, 5.74) is 2.23. The topological polar surface area (TPSA) is 40.5 Å². The van der Waals surface area contributed by atoms with Crippen LogP contribution in [0, 0.1) is 5.82 Å². The molecule has 28 heavy (non-hydrogen) atoms. The van der Waals surface area contributed by atoms with E-state index in [0.29, 0.717) is 39.7 Å². The van der Waals surface area contributed by atoms with Crippen LogP contribution in [-0.2, 0) is 11.3 Å². The van der Waals surface area contributed by atoms with Crippen molar-refractivity contribution < 1.29 is 13.9 Å². The summed E-state index contributed by atoms with van der Waals surface area (Å²) in [7, 11) is 1.53. The number of benzene rings is 2. The van der Waals surface area contributed by atoms with Crippen molar-refractivity contribution >= 4 is 23.2 Å². The zero-order valence-corrected chi connectivity index (χ0v) is 16.9. The molecule has 146 valence electrons. The van der Waals surface area contributed by atoms with Gasteiger partial charge in [-0.3, -0.25) is 4.79 Å². The van der Waals surface area contributed by atoms with E-state index in [1.807, 2.05) is 6.92 Å². The van der Waals surface area contributed by atoms with Crippen molar-refractivity contribution in [2.45, 2.75) is 13.5 Å². The number of methoxy groups -OCH3 is 1. The maximum absolute atomic E-state index is 13.4. The van der Waals surface area contributed by atoms with E-state index in [1.165, 1.54) is 19.2 Å². The fourth-order valence-electron chi connectivity index (χ4n) is 2.99. The number of nitrogens with zero attached hydrogens (tertiary/aromatic N) is 1. The zero-order valence-electron chi connectivity index (χ0n) is 15.3. The van der Waals surface area contributed by atoms with Crippen molar-refractivity contribution in [3.05, 3.63) is 74.7 Å². The molecule has 3 rings (SSSR count). The molecular formula is C21H18Cl2FNO3. The van der Waals surface area contributed by atoms with Gasteiger partial charge in [0.2, 0.25) is 0 Å². The first kappa shape index (κ1) is 20.4. The summed E-state index contributed by atoms with van der Waals surface area (Å²) in [6.45, 7) is 2.31. The molecule has 0 aliphatic rings. The minimum atomic E-state index is -0.363. The Morgan fingerprint density at radius 2 is 1.71 bits per heavy atom. The number of pyridine rings is 1. The van der Waals surface area contributed by atoms with Crippen molar-refractivity contribution in [2.75, 3.05) is 13.9 Å². The number of rotatable bonds is 6. The number of ether oxygens (including phenoxy) is 2. The molecule has 0 atom stereocenters. The Morgan fingerprint density at radius 3 is 2.36 bits per heavy atom. The molecule has 0 fully saturated rings. The fraction of sp³-hybridized carbons (Fsp3) is 0.190. The van der Waals surface area contributed by atoms with Crippen LogP contribution in [-0.4, -0.2) is 18.5 Å². The predicted octanol–water partition coefficient (Wildman–Crippen LogP) is 5.63. The molecule has 0 saturated carbocycles. The average Bonchev–Trinajstić information content (AvgIpc) is 2.70. The van der Waals surface area contributed by atoms with Crippen molar-refractivity contribution in [3.8, 4) is 28.1 Å². The first-order chi connectivity index (χ1) is 13.5. The van der Waals surface area contributed by atoms with E-state index in [-0.39, 0.29) is 23.2 Å². The van der Waals surface area contributed by atoms with Crippen LogP contribution in [0.1, 0.15) is 6.92 Å². The molecule has 0 radical (unpaired) electrons. The molecule has 0 saturated heterocycles. The molecule has 0 unspecified atom stereocenters. The molecule has 3 aromatic rings. The summed E-state index contributed by atoms with van der Waals surface area (Å²) in [5.74, 6) is 0.189. The molecular weight excluding hydrogens is 404 g/mol. The molecule has 2 aromatic carbocycles. The Kier molecular flexibility index (Phi) is 6.39. The molecule has 0 amide bonds. The minimum Gasteiger partial charge on any atom is -0.468 e. The van der Waals surface area contributed by atoms with Gasteiger partial charge in [0.05, 0.1) is 5.69 Å². The first-order valence-electron chi connectivity index (χ1n) is 8.57. The van der Waals surface area contributed by atoms with Gasteiger partial charge < -0.3 is 14.0 Å². The van der Waals surface area contributed by atoms with E-state index in [0.717, 1.165) is 0 Å². The second-order valence-corrected chi connectivity index (χ2v) is 6.82. The smallest absolute Gasteiger partial charge is 0.269 e. The van der Waals surface area contributed by atoms with Gasteiger partial charge in [-0.15, -0.1) is 0 Å². The Bertz CT molecular complexity index is 1050. The highest BCUT2D eigenvalue weighted by atomic mass is 35.5. The highest BCUT2D eigenvalue weighted by molar-refractivity contribution is 6.34. The van der Waals surface area contributed by atoms with Gasteiger partial charge in [0.25, 0.3) is 5.56 Å². The average molecular weight is 422 g/mol. The number of aromatic nitrogens is 1. The van der Waals surface area contributed by atoms with Crippen LogP contribution < -0.4 is 10.3 Å². The third-order valence-electron chi connectivity index (χ3n) is 4.25. The predicted molar refractivity (Wildman–Crippen MR) is 110 cm³/mol. The third kappa shape index (κ3) is 4.07. The molecule has 0 spiro atoms. The molecule has 1 aromatic heterocycles. The summed E-state index contributed by atoms with van der Waals surface area (Å²) in [4.78, 5) is 12.6. The van der Waals surface area contributed by atoms with Gasteiger partial charge in [-0.2, -0.15) is 0 Å². The lowest BCUT2D eigenvalue weighted by Gasteiger charge is -2.19. The van der Waals surface area contributed by atoms with Crippen LogP contribution in [0.25, 0.3) is 22.4 Å². The molecule has 0 N–H and O–H groups in total. The van der Waals surface area contributed by atoms with Crippen LogP contribution in [0.5, 0.6) is 5.75 Å². The lowest BCUT2D eigenvalue weighted by Crippen LogP contribution is -2.22. The number of hydrogen-bond donors (Lipinski definition) is 0. The minimum absolute atomic E-state index is 0.0713. The normalized spacial score (nSPS) is 10.9. The van der Waals surface area contributed by atoms with Crippen LogP contribution in [0.15, 0.2) is 53.3 Å². The van der Waals surface area contributed by atoms with Gasteiger partial charge in [-0.05, 0) is 61.0 Å². The van der Waals surface area contributed by atoms with Gasteiger partial charge >= 0.3 is 0 Å². The standard InChI is InChI=1S/C21H18Cl2FNO3/c1-3-25-20(13-4-6-14(24)7-5-13)17(11-19(23)21(25)26)16-10-15(28-12-27-2)8-9-18(16)22/h4-11H,3,12H2,1-2H3. The highest BCUT2D eigenvalue weighted by Gasteiger charge is 2.19. The number of hydrogen-bond acceptors (Lipinski definition) is 3. The van der Waals surface area contributed by atoms with E-state index in [4.69, 9.17) is 32.7 Å². The summed E-state index contributed by atoms with van der Waals surface area (Å²) in [6.07, 6.45) is 0. The summed E-state index contributed by atoms with van der Waals surface area (Å²) in [5, 5.41) is 0.535. The van der Waals surface area contributed by atoms with Gasteiger partial charge in [-0.1, -0.05) is 23.2 Å². The maximum atomic E-state index is 13.4. The van der Waals surface area contributed by atoms with E-state index >= 15 is 0 Å². The summed E-state index contributed by atoms with van der Waals surface area (Å²) in [6, 6.07) is 12.7. The van der Waals surface area contributed by atoms with E-state index in [2.05, 4.69) is 0 Å². The van der Waals surface area contributed by atoms with E-state index in [1.54, 1.807) is 41.0 Å². The lowest BCUT2D eigenvalue weighted by molar-refractivity contribution is 0.0511. The van der Waals surface area contributed by atoms with Crippen molar-refractivity contribution in [1.82, 2.24) is 4.57 Å². The Morgan fingerprint density at radius 1 is 1.00 bits per heavy atom.